The van der Waals surface area contributed by atoms with Crippen LogP contribution >= 0.6 is 11.6 Å². The van der Waals surface area contributed by atoms with Crippen LogP contribution in [0.25, 0.3) is 16.9 Å². The molecule has 0 radical (unpaired) electrons. The molecule has 31 heavy (non-hydrogen) atoms. The van der Waals surface area contributed by atoms with Gasteiger partial charge in [-0.3, -0.25) is 4.90 Å². The van der Waals surface area contributed by atoms with Crippen molar-refractivity contribution in [2.24, 2.45) is 0 Å². The smallest absolute Gasteiger partial charge is 0.413 e. The van der Waals surface area contributed by atoms with Crippen LogP contribution in [0.4, 0.5) is 22.1 Å². The number of carbonyl (C=O) groups excluding carboxylic acids is 1. The monoisotopic (exact) mass is 437 g/mol. The maximum Gasteiger partial charge on any atom is 0.413 e. The molecule has 0 saturated carbocycles. The summed E-state index contributed by atoms with van der Waals surface area (Å²) >= 11 is 6.34. The van der Waals surface area contributed by atoms with E-state index in [0.29, 0.717) is 11.4 Å². The molecule has 2 aromatic heterocycles. The number of fused-ring (bicyclic) bond motifs is 1. The molecule has 0 aliphatic heterocycles. The van der Waals surface area contributed by atoms with Crippen LogP contribution in [0.3, 0.4) is 0 Å². The standard InChI is InChI=1S/C21H20ClN7O2/c1-28(21(30)31-2)17-18(23)25-20(26-19(17)24)29-16-10-6-4-8-13(16)15(27-29)11-12-7-3-5-9-14(12)22/h3-10H,11H2,1-2H3,(H4,23,24,25,26). The number of para-hydroxylation sites is 1. The first-order valence-corrected chi connectivity index (χ1v) is 9.73. The van der Waals surface area contributed by atoms with Gasteiger partial charge in [-0.1, -0.05) is 48.0 Å². The molecule has 10 heteroatoms. The van der Waals surface area contributed by atoms with Crippen LogP contribution in [-0.2, 0) is 11.2 Å². The molecular weight excluding hydrogens is 418 g/mol. The zero-order valence-corrected chi connectivity index (χ0v) is 17.7. The first-order valence-electron chi connectivity index (χ1n) is 9.35. The first kappa shape index (κ1) is 20.4. The Bertz CT molecular complexity index is 1260. The molecule has 0 fully saturated rings. The molecule has 0 atom stereocenters. The van der Waals surface area contributed by atoms with Crippen LogP contribution in [0.2, 0.25) is 5.02 Å². The Morgan fingerprint density at radius 1 is 1.10 bits per heavy atom. The Morgan fingerprint density at radius 2 is 1.74 bits per heavy atom. The van der Waals surface area contributed by atoms with Crippen LogP contribution in [0, 0.1) is 0 Å². The number of anilines is 3. The Hall–Kier alpha value is -3.85. The lowest BCUT2D eigenvalue weighted by Crippen LogP contribution is -2.28. The second-order valence-corrected chi connectivity index (χ2v) is 7.22. The Morgan fingerprint density at radius 3 is 2.42 bits per heavy atom. The van der Waals surface area contributed by atoms with Crippen molar-refractivity contribution in [1.29, 1.82) is 0 Å². The van der Waals surface area contributed by atoms with Crippen molar-refractivity contribution >= 4 is 45.9 Å². The molecule has 0 aliphatic carbocycles. The number of halogens is 1. The molecule has 0 spiro atoms. The van der Waals surface area contributed by atoms with Crippen molar-refractivity contribution < 1.29 is 9.53 Å². The molecule has 0 aliphatic rings. The molecular formula is C21H20ClN7O2. The van der Waals surface area contributed by atoms with Crippen molar-refractivity contribution in [1.82, 2.24) is 19.7 Å². The zero-order chi connectivity index (χ0) is 22.1. The fourth-order valence-corrected chi connectivity index (χ4v) is 3.58. The molecule has 4 N–H and O–H groups in total. The predicted molar refractivity (Wildman–Crippen MR) is 121 cm³/mol. The number of amides is 1. The van der Waals surface area contributed by atoms with E-state index in [1.165, 1.54) is 14.2 Å². The SMILES string of the molecule is COC(=O)N(C)c1c(N)nc(-n2nc(Cc3ccccc3Cl)c3ccccc32)nc1N. The van der Waals surface area contributed by atoms with E-state index in [1.807, 2.05) is 48.5 Å². The van der Waals surface area contributed by atoms with E-state index >= 15 is 0 Å². The molecule has 0 bridgehead atoms. The lowest BCUT2D eigenvalue weighted by atomic mass is 10.1. The fourth-order valence-electron chi connectivity index (χ4n) is 3.38. The highest BCUT2D eigenvalue weighted by atomic mass is 35.5. The maximum absolute atomic E-state index is 11.9. The minimum Gasteiger partial charge on any atom is -0.452 e. The van der Waals surface area contributed by atoms with E-state index in [4.69, 9.17) is 32.9 Å². The highest BCUT2D eigenvalue weighted by Crippen LogP contribution is 2.30. The maximum atomic E-state index is 11.9. The van der Waals surface area contributed by atoms with Crippen LogP contribution < -0.4 is 16.4 Å². The Labute approximate surface area is 183 Å². The fraction of sp³-hybridized carbons (Fsp3) is 0.143. The average molecular weight is 438 g/mol. The molecule has 2 heterocycles. The van der Waals surface area contributed by atoms with E-state index in [2.05, 4.69) is 9.97 Å². The number of nitrogen functional groups attached to an aromatic ring is 2. The molecule has 4 rings (SSSR count). The number of ether oxygens (including phenoxy) is 1. The van der Waals surface area contributed by atoms with Gasteiger partial charge in [0.1, 0.15) is 5.69 Å². The molecule has 0 saturated heterocycles. The largest absolute Gasteiger partial charge is 0.452 e. The first-order chi connectivity index (χ1) is 14.9. The van der Waals surface area contributed by atoms with Gasteiger partial charge in [-0.05, 0) is 17.7 Å². The normalized spacial score (nSPS) is 10.9. The van der Waals surface area contributed by atoms with Crippen molar-refractivity contribution in [3.05, 3.63) is 64.8 Å². The summed E-state index contributed by atoms with van der Waals surface area (Å²) in [5.41, 5.74) is 14.9. The van der Waals surface area contributed by atoms with Crippen LogP contribution in [-0.4, -0.2) is 40.0 Å². The number of carbonyl (C=O) groups is 1. The number of nitrogens with two attached hydrogens (primary N) is 2. The zero-order valence-electron chi connectivity index (χ0n) is 16.9. The number of rotatable bonds is 4. The van der Waals surface area contributed by atoms with Gasteiger partial charge in [-0.15, -0.1) is 0 Å². The number of benzene rings is 2. The van der Waals surface area contributed by atoms with Gasteiger partial charge in [0.15, 0.2) is 11.6 Å². The third-order valence-corrected chi connectivity index (χ3v) is 5.25. The average Bonchev–Trinajstić information content (AvgIpc) is 3.12. The van der Waals surface area contributed by atoms with Crippen molar-refractivity contribution in [3.8, 4) is 5.95 Å². The van der Waals surface area contributed by atoms with Gasteiger partial charge in [0.25, 0.3) is 5.95 Å². The molecule has 0 unspecified atom stereocenters. The van der Waals surface area contributed by atoms with Gasteiger partial charge in [0, 0.05) is 23.9 Å². The lowest BCUT2D eigenvalue weighted by molar-refractivity contribution is 0.180. The summed E-state index contributed by atoms with van der Waals surface area (Å²) in [7, 11) is 2.73. The highest BCUT2D eigenvalue weighted by molar-refractivity contribution is 6.31. The van der Waals surface area contributed by atoms with Crippen molar-refractivity contribution in [3.63, 3.8) is 0 Å². The van der Waals surface area contributed by atoms with Gasteiger partial charge in [-0.25, -0.2) is 4.79 Å². The Balaban J connectivity index is 1.82. The van der Waals surface area contributed by atoms with Crippen molar-refractivity contribution in [2.45, 2.75) is 6.42 Å². The van der Waals surface area contributed by atoms with Crippen molar-refractivity contribution in [2.75, 3.05) is 30.5 Å². The number of methoxy groups -OCH3 is 1. The van der Waals surface area contributed by atoms with Gasteiger partial charge in [0.2, 0.25) is 0 Å². The molecule has 9 nitrogen and oxygen atoms in total. The third-order valence-electron chi connectivity index (χ3n) is 4.88. The van der Waals surface area contributed by atoms with E-state index in [1.54, 1.807) is 4.68 Å². The van der Waals surface area contributed by atoms with Gasteiger partial charge >= 0.3 is 6.09 Å². The van der Waals surface area contributed by atoms with Crippen LogP contribution in [0.1, 0.15) is 11.3 Å². The van der Waals surface area contributed by atoms with Gasteiger partial charge < -0.3 is 16.2 Å². The summed E-state index contributed by atoms with van der Waals surface area (Å²) in [5, 5.41) is 6.32. The van der Waals surface area contributed by atoms with E-state index in [9.17, 15) is 4.79 Å². The number of nitrogens with zero attached hydrogens (tertiary/aromatic N) is 5. The summed E-state index contributed by atoms with van der Waals surface area (Å²) in [4.78, 5) is 21.7. The number of hydrogen-bond acceptors (Lipinski definition) is 7. The Kier molecular flexibility index (Phi) is 5.35. The molecule has 2 aromatic carbocycles. The third kappa shape index (κ3) is 3.71. The summed E-state index contributed by atoms with van der Waals surface area (Å²) < 4.78 is 6.29. The van der Waals surface area contributed by atoms with Gasteiger partial charge in [0.05, 0.1) is 18.3 Å². The molecule has 4 aromatic rings. The van der Waals surface area contributed by atoms with E-state index < -0.39 is 6.09 Å². The van der Waals surface area contributed by atoms with E-state index in [0.717, 1.165) is 27.1 Å². The van der Waals surface area contributed by atoms with Gasteiger partial charge in [-0.2, -0.15) is 19.7 Å². The second kappa shape index (κ2) is 8.11. The predicted octanol–water partition coefficient (Wildman–Crippen LogP) is 3.43. The number of aromatic nitrogens is 4. The summed E-state index contributed by atoms with van der Waals surface area (Å²) in [6, 6.07) is 15.3. The quantitative estimate of drug-likeness (QED) is 0.501. The van der Waals surface area contributed by atoms with E-state index in [-0.39, 0.29) is 23.3 Å². The van der Waals surface area contributed by atoms with Crippen LogP contribution in [0.5, 0.6) is 0 Å². The highest BCUT2D eigenvalue weighted by Gasteiger charge is 2.22. The topological polar surface area (TPSA) is 125 Å². The second-order valence-electron chi connectivity index (χ2n) is 6.82. The minimum absolute atomic E-state index is 0.0302. The summed E-state index contributed by atoms with van der Waals surface area (Å²) in [6.45, 7) is 0. The van der Waals surface area contributed by atoms with Crippen LogP contribution in [0.15, 0.2) is 48.5 Å². The molecule has 1 amide bonds. The summed E-state index contributed by atoms with van der Waals surface area (Å²) in [6.07, 6.45) is -0.109. The molecule has 158 valence electrons. The summed E-state index contributed by atoms with van der Waals surface area (Å²) in [5.74, 6) is 0.254. The lowest BCUT2D eigenvalue weighted by Gasteiger charge is -2.18. The minimum atomic E-state index is -0.638. The number of hydrogen-bond donors (Lipinski definition) is 2.